The van der Waals surface area contributed by atoms with Crippen LogP contribution in [0.1, 0.15) is 29.8 Å². The Morgan fingerprint density at radius 2 is 2.14 bits per heavy atom. The van der Waals surface area contributed by atoms with Crippen molar-refractivity contribution in [2.24, 2.45) is 0 Å². The third-order valence-electron chi connectivity index (χ3n) is 2.03. The van der Waals surface area contributed by atoms with Crippen LogP contribution in [0, 0.1) is 10.5 Å². The van der Waals surface area contributed by atoms with Crippen molar-refractivity contribution in [2.45, 2.75) is 20.8 Å². The van der Waals surface area contributed by atoms with Crippen molar-refractivity contribution in [3.63, 3.8) is 0 Å². The predicted molar refractivity (Wildman–Crippen MR) is 65.1 cm³/mol. The lowest BCUT2D eigenvalue weighted by Crippen LogP contribution is -2.01. The van der Waals surface area contributed by atoms with E-state index in [0.29, 0.717) is 6.61 Å². The van der Waals surface area contributed by atoms with E-state index in [1.165, 1.54) is 0 Å². The Labute approximate surface area is 97.8 Å². The van der Waals surface area contributed by atoms with Crippen molar-refractivity contribution in [1.29, 1.82) is 0 Å². The maximum atomic E-state index is 11.2. The molecule has 3 heteroatoms. The van der Waals surface area contributed by atoms with E-state index in [1.807, 2.05) is 26.0 Å². The monoisotopic (exact) mass is 304 g/mol. The van der Waals surface area contributed by atoms with Crippen LogP contribution in [0.4, 0.5) is 0 Å². The first-order valence-corrected chi connectivity index (χ1v) is 5.58. The largest absolute Gasteiger partial charge is 0.493 e. The molecule has 0 aliphatic carbocycles. The molecule has 0 fully saturated rings. The molecule has 1 aromatic carbocycles. The summed E-state index contributed by atoms with van der Waals surface area (Å²) >= 11 is 2.21. The van der Waals surface area contributed by atoms with Gasteiger partial charge in [-0.3, -0.25) is 4.79 Å². The van der Waals surface area contributed by atoms with Crippen molar-refractivity contribution in [2.75, 3.05) is 6.61 Å². The van der Waals surface area contributed by atoms with Gasteiger partial charge in [0, 0.05) is 5.56 Å². The zero-order valence-electron chi connectivity index (χ0n) is 8.56. The molecular formula is C11H13IO2. The predicted octanol–water partition coefficient (Wildman–Crippen LogP) is 3.20. The van der Waals surface area contributed by atoms with Gasteiger partial charge in [-0.05, 0) is 61.1 Å². The summed E-state index contributed by atoms with van der Waals surface area (Å²) < 4.78 is 6.46. The highest BCUT2D eigenvalue weighted by Gasteiger charge is 2.10. The van der Waals surface area contributed by atoms with Crippen LogP contribution in [-0.2, 0) is 0 Å². The van der Waals surface area contributed by atoms with Gasteiger partial charge in [0.2, 0.25) is 0 Å². The van der Waals surface area contributed by atoms with Crippen LogP contribution in [0.3, 0.4) is 0 Å². The van der Waals surface area contributed by atoms with Gasteiger partial charge >= 0.3 is 0 Å². The fourth-order valence-corrected chi connectivity index (χ4v) is 1.93. The van der Waals surface area contributed by atoms with E-state index in [9.17, 15) is 4.79 Å². The molecule has 0 spiro atoms. The second kappa shape index (κ2) is 4.77. The Balaban J connectivity index is 3.19. The minimum absolute atomic E-state index is 0.100. The molecule has 0 aliphatic heterocycles. The van der Waals surface area contributed by atoms with E-state index < -0.39 is 0 Å². The van der Waals surface area contributed by atoms with Gasteiger partial charge in [-0.25, -0.2) is 0 Å². The topological polar surface area (TPSA) is 26.3 Å². The van der Waals surface area contributed by atoms with Gasteiger partial charge in [0.15, 0.2) is 5.78 Å². The molecule has 0 amide bonds. The first-order valence-electron chi connectivity index (χ1n) is 4.50. The third-order valence-corrected chi connectivity index (χ3v) is 3.37. The molecule has 0 saturated heterocycles. The number of ether oxygens (including phenoxy) is 1. The Morgan fingerprint density at radius 3 is 2.64 bits per heavy atom. The van der Waals surface area contributed by atoms with Gasteiger partial charge in [-0.1, -0.05) is 0 Å². The molecule has 2 nitrogen and oxygen atoms in total. The molecular weight excluding hydrogens is 291 g/mol. The smallest absolute Gasteiger partial charge is 0.160 e. The number of ketones is 1. The number of Topliss-reactive ketones (excluding diaryl/α,β-unsaturated/α-hetero) is 1. The van der Waals surface area contributed by atoms with Crippen LogP contribution in [0.15, 0.2) is 12.1 Å². The summed E-state index contributed by atoms with van der Waals surface area (Å²) in [6.07, 6.45) is 0. The minimum Gasteiger partial charge on any atom is -0.493 e. The molecule has 76 valence electrons. The molecule has 0 bridgehead atoms. The summed E-state index contributed by atoms with van der Waals surface area (Å²) in [5.41, 5.74) is 1.78. The Morgan fingerprint density at radius 1 is 1.50 bits per heavy atom. The second-order valence-corrected chi connectivity index (χ2v) is 4.12. The molecule has 0 unspecified atom stereocenters. The third kappa shape index (κ3) is 2.26. The lowest BCUT2D eigenvalue weighted by atomic mass is 10.1. The van der Waals surface area contributed by atoms with Gasteiger partial charge in [-0.2, -0.15) is 0 Å². The maximum absolute atomic E-state index is 11.2. The summed E-state index contributed by atoms with van der Waals surface area (Å²) in [5.74, 6) is 0.957. The van der Waals surface area contributed by atoms with E-state index in [2.05, 4.69) is 22.6 Å². The van der Waals surface area contributed by atoms with Gasteiger partial charge in [0.1, 0.15) is 5.75 Å². The van der Waals surface area contributed by atoms with Gasteiger partial charge in [0.05, 0.1) is 10.2 Å². The first-order chi connectivity index (χ1) is 6.57. The fraction of sp³-hybridized carbons (Fsp3) is 0.364. The van der Waals surface area contributed by atoms with Crippen LogP contribution < -0.4 is 4.74 Å². The SMILES string of the molecule is CCOc1ccc(C(C)=O)c(C)c1I. The molecule has 1 rings (SSSR count). The molecule has 0 saturated carbocycles. The highest BCUT2D eigenvalue weighted by molar-refractivity contribution is 14.1. The fourth-order valence-electron chi connectivity index (χ4n) is 1.31. The lowest BCUT2D eigenvalue weighted by Gasteiger charge is -2.10. The van der Waals surface area contributed by atoms with Crippen LogP contribution in [0.2, 0.25) is 0 Å². The normalized spacial score (nSPS) is 10.0. The highest BCUT2D eigenvalue weighted by atomic mass is 127. The summed E-state index contributed by atoms with van der Waals surface area (Å²) in [7, 11) is 0. The van der Waals surface area contributed by atoms with Crippen LogP contribution in [-0.4, -0.2) is 12.4 Å². The molecule has 0 aliphatic rings. The molecule has 0 aromatic heterocycles. The average Bonchev–Trinajstić information content (AvgIpc) is 2.13. The average molecular weight is 304 g/mol. The molecule has 14 heavy (non-hydrogen) atoms. The van der Waals surface area contributed by atoms with Gasteiger partial charge in [-0.15, -0.1) is 0 Å². The van der Waals surface area contributed by atoms with Gasteiger partial charge in [0.25, 0.3) is 0 Å². The Bertz CT molecular complexity index is 359. The van der Waals surface area contributed by atoms with Crippen LogP contribution in [0.25, 0.3) is 0 Å². The minimum atomic E-state index is 0.100. The van der Waals surface area contributed by atoms with Crippen LogP contribution >= 0.6 is 22.6 Å². The number of benzene rings is 1. The molecule has 0 atom stereocenters. The first kappa shape index (κ1) is 11.5. The molecule has 1 aromatic rings. The number of halogens is 1. The van der Waals surface area contributed by atoms with Crippen LogP contribution in [0.5, 0.6) is 5.75 Å². The van der Waals surface area contributed by atoms with Gasteiger partial charge < -0.3 is 4.74 Å². The molecule has 0 radical (unpaired) electrons. The second-order valence-electron chi connectivity index (χ2n) is 3.04. The standard InChI is InChI=1S/C11H13IO2/c1-4-14-10-6-5-9(8(3)13)7(2)11(10)12/h5-6H,4H2,1-3H3. The van der Waals surface area contributed by atoms with E-state index in [4.69, 9.17) is 4.74 Å². The summed E-state index contributed by atoms with van der Waals surface area (Å²) in [4.78, 5) is 11.2. The van der Waals surface area contributed by atoms with E-state index in [0.717, 1.165) is 20.4 Å². The summed E-state index contributed by atoms with van der Waals surface area (Å²) in [6, 6.07) is 3.68. The van der Waals surface area contributed by atoms with Crippen molar-refractivity contribution >= 4 is 28.4 Å². The zero-order chi connectivity index (χ0) is 10.7. The number of carbonyl (C=O) groups is 1. The van der Waals surface area contributed by atoms with Crippen molar-refractivity contribution in [3.8, 4) is 5.75 Å². The lowest BCUT2D eigenvalue weighted by molar-refractivity contribution is 0.101. The number of hydrogen-bond acceptors (Lipinski definition) is 2. The summed E-state index contributed by atoms with van der Waals surface area (Å²) in [6.45, 7) is 6.12. The zero-order valence-corrected chi connectivity index (χ0v) is 10.7. The number of hydrogen-bond donors (Lipinski definition) is 0. The molecule has 0 heterocycles. The highest BCUT2D eigenvalue weighted by Crippen LogP contribution is 2.27. The van der Waals surface area contributed by atoms with E-state index in [-0.39, 0.29) is 5.78 Å². The Kier molecular flexibility index (Phi) is 3.92. The number of rotatable bonds is 3. The van der Waals surface area contributed by atoms with E-state index >= 15 is 0 Å². The quantitative estimate of drug-likeness (QED) is 0.633. The van der Waals surface area contributed by atoms with Crippen molar-refractivity contribution < 1.29 is 9.53 Å². The Hall–Kier alpha value is -0.580. The molecule has 0 N–H and O–H groups in total. The van der Waals surface area contributed by atoms with Crippen molar-refractivity contribution in [3.05, 3.63) is 26.8 Å². The summed E-state index contributed by atoms with van der Waals surface area (Å²) in [5, 5.41) is 0. The van der Waals surface area contributed by atoms with Crippen molar-refractivity contribution in [1.82, 2.24) is 0 Å². The van der Waals surface area contributed by atoms with E-state index in [1.54, 1.807) is 6.92 Å². The number of carbonyl (C=O) groups excluding carboxylic acids is 1. The maximum Gasteiger partial charge on any atom is 0.160 e.